The number of benzene rings is 3. The molecule has 0 aliphatic carbocycles. The zero-order chi connectivity index (χ0) is 24.4. The van der Waals surface area contributed by atoms with Crippen molar-refractivity contribution in [1.82, 2.24) is 4.90 Å². The van der Waals surface area contributed by atoms with E-state index < -0.39 is 6.04 Å². The first kappa shape index (κ1) is 23.2. The molecule has 3 aromatic carbocycles. The molecule has 1 aliphatic heterocycles. The van der Waals surface area contributed by atoms with Crippen molar-refractivity contribution in [3.8, 4) is 5.75 Å². The Balaban J connectivity index is 1.55. The molecule has 1 amide bonds. The summed E-state index contributed by atoms with van der Waals surface area (Å²) in [5.74, 6) is 0.569. The fourth-order valence-corrected chi connectivity index (χ4v) is 4.68. The highest BCUT2D eigenvalue weighted by Crippen LogP contribution is 2.39. The van der Waals surface area contributed by atoms with Crippen molar-refractivity contribution >= 4 is 28.5 Å². The fourth-order valence-electron chi connectivity index (χ4n) is 4.55. The van der Waals surface area contributed by atoms with Gasteiger partial charge in [0.15, 0.2) is 5.43 Å². The topological polar surface area (TPSA) is 59.8 Å². The van der Waals surface area contributed by atoms with Crippen LogP contribution < -0.4 is 10.2 Å². The van der Waals surface area contributed by atoms with Gasteiger partial charge in [0.05, 0.1) is 23.6 Å². The summed E-state index contributed by atoms with van der Waals surface area (Å²) in [6.45, 7) is 3.14. The van der Waals surface area contributed by atoms with Gasteiger partial charge in [-0.25, -0.2) is 0 Å². The number of amides is 1. The number of hydrogen-bond donors (Lipinski definition) is 0. The van der Waals surface area contributed by atoms with Crippen LogP contribution in [0.25, 0.3) is 11.0 Å². The largest absolute Gasteiger partial charge is 0.494 e. The lowest BCUT2D eigenvalue weighted by Crippen LogP contribution is -2.29. The lowest BCUT2D eigenvalue weighted by atomic mass is 9.98. The molecule has 0 N–H and O–H groups in total. The van der Waals surface area contributed by atoms with E-state index in [0.717, 1.165) is 36.1 Å². The standard InChI is InChI=1S/C29H26ClNO4/c1-2-3-6-17-34-22-15-11-20(12-16-22)26-25-27(32)23-7-4-5-8-24(23)35-28(25)29(33)31(26)18-19-9-13-21(30)14-10-19/h4-5,7-16,26H,2-3,6,17-18H2,1H3. The van der Waals surface area contributed by atoms with E-state index in [2.05, 4.69) is 6.92 Å². The summed E-state index contributed by atoms with van der Waals surface area (Å²) in [6.07, 6.45) is 3.27. The minimum atomic E-state index is -0.567. The van der Waals surface area contributed by atoms with E-state index in [1.54, 1.807) is 41.3 Å². The van der Waals surface area contributed by atoms with Gasteiger partial charge in [-0.15, -0.1) is 0 Å². The molecule has 178 valence electrons. The number of unbranched alkanes of at least 4 members (excludes halogenated alkanes) is 2. The molecule has 0 fully saturated rings. The lowest BCUT2D eigenvalue weighted by molar-refractivity contribution is 0.0714. The maximum Gasteiger partial charge on any atom is 0.291 e. The lowest BCUT2D eigenvalue weighted by Gasteiger charge is -2.25. The van der Waals surface area contributed by atoms with Gasteiger partial charge in [0, 0.05) is 11.6 Å². The van der Waals surface area contributed by atoms with E-state index in [4.69, 9.17) is 20.8 Å². The molecule has 1 atom stereocenters. The van der Waals surface area contributed by atoms with Crippen LogP contribution in [0.3, 0.4) is 0 Å². The highest BCUT2D eigenvalue weighted by molar-refractivity contribution is 6.30. The maximum absolute atomic E-state index is 13.6. The third-order valence-electron chi connectivity index (χ3n) is 6.35. The van der Waals surface area contributed by atoms with E-state index in [0.29, 0.717) is 34.7 Å². The van der Waals surface area contributed by atoms with E-state index in [1.165, 1.54) is 0 Å². The number of para-hydroxylation sites is 1. The predicted molar refractivity (Wildman–Crippen MR) is 137 cm³/mol. The third-order valence-corrected chi connectivity index (χ3v) is 6.60. The van der Waals surface area contributed by atoms with Crippen LogP contribution in [0, 0.1) is 0 Å². The van der Waals surface area contributed by atoms with Crippen LogP contribution in [-0.4, -0.2) is 17.4 Å². The van der Waals surface area contributed by atoms with Gasteiger partial charge in [0.25, 0.3) is 5.91 Å². The van der Waals surface area contributed by atoms with Gasteiger partial charge in [-0.1, -0.05) is 67.8 Å². The van der Waals surface area contributed by atoms with Crippen LogP contribution in [0.2, 0.25) is 5.02 Å². The molecule has 1 unspecified atom stereocenters. The average molecular weight is 488 g/mol. The van der Waals surface area contributed by atoms with Gasteiger partial charge in [-0.05, 0) is 53.9 Å². The van der Waals surface area contributed by atoms with Gasteiger partial charge in [-0.2, -0.15) is 0 Å². The summed E-state index contributed by atoms with van der Waals surface area (Å²) < 4.78 is 11.9. The van der Waals surface area contributed by atoms with Gasteiger partial charge in [-0.3, -0.25) is 9.59 Å². The first-order chi connectivity index (χ1) is 17.1. The SMILES string of the molecule is CCCCCOc1ccc(C2c3c(oc4ccccc4c3=O)C(=O)N2Cc2ccc(Cl)cc2)cc1. The molecule has 6 heteroatoms. The van der Waals surface area contributed by atoms with Crippen molar-refractivity contribution in [3.05, 3.63) is 110 Å². The Bertz CT molecular complexity index is 1410. The van der Waals surface area contributed by atoms with E-state index in [9.17, 15) is 9.59 Å². The van der Waals surface area contributed by atoms with E-state index in [-0.39, 0.29) is 17.1 Å². The molecular weight excluding hydrogens is 462 g/mol. The highest BCUT2D eigenvalue weighted by Gasteiger charge is 2.42. The average Bonchev–Trinajstić information content (AvgIpc) is 3.15. The van der Waals surface area contributed by atoms with Crippen LogP contribution in [-0.2, 0) is 6.54 Å². The van der Waals surface area contributed by atoms with Gasteiger partial charge < -0.3 is 14.1 Å². The molecule has 1 aromatic heterocycles. The van der Waals surface area contributed by atoms with Gasteiger partial charge in [0.1, 0.15) is 11.3 Å². The number of halogens is 1. The number of hydrogen-bond acceptors (Lipinski definition) is 4. The molecule has 4 aromatic rings. The molecular formula is C29H26ClNO4. The Morgan fingerprint density at radius 1 is 0.943 bits per heavy atom. The third kappa shape index (κ3) is 4.56. The molecule has 2 heterocycles. The summed E-state index contributed by atoms with van der Waals surface area (Å²) in [5.41, 5.74) is 2.34. The second-order valence-corrected chi connectivity index (χ2v) is 9.19. The summed E-state index contributed by atoms with van der Waals surface area (Å²) in [4.78, 5) is 28.8. The second-order valence-electron chi connectivity index (χ2n) is 8.76. The van der Waals surface area contributed by atoms with Crippen molar-refractivity contribution < 1.29 is 13.9 Å². The number of carbonyl (C=O) groups excluding carboxylic acids is 1. The van der Waals surface area contributed by atoms with E-state index >= 15 is 0 Å². The van der Waals surface area contributed by atoms with Crippen LogP contribution >= 0.6 is 11.6 Å². The smallest absolute Gasteiger partial charge is 0.291 e. The molecule has 0 spiro atoms. The predicted octanol–water partition coefficient (Wildman–Crippen LogP) is 6.76. The number of fused-ring (bicyclic) bond motifs is 2. The summed E-state index contributed by atoms with van der Waals surface area (Å²) in [7, 11) is 0. The normalized spacial score (nSPS) is 15.0. The Morgan fingerprint density at radius 3 is 2.43 bits per heavy atom. The summed E-state index contributed by atoms with van der Waals surface area (Å²) in [6, 6.07) is 21.5. The zero-order valence-corrected chi connectivity index (χ0v) is 20.3. The first-order valence-corrected chi connectivity index (χ1v) is 12.3. The highest BCUT2D eigenvalue weighted by atomic mass is 35.5. The monoisotopic (exact) mass is 487 g/mol. The summed E-state index contributed by atoms with van der Waals surface area (Å²) >= 11 is 6.05. The molecule has 0 bridgehead atoms. The van der Waals surface area contributed by atoms with Crippen LogP contribution in [0.1, 0.15) is 59.5 Å². The Morgan fingerprint density at radius 2 is 1.69 bits per heavy atom. The van der Waals surface area contributed by atoms with E-state index in [1.807, 2.05) is 36.4 Å². The fraction of sp³-hybridized carbons (Fsp3) is 0.241. The second kappa shape index (κ2) is 9.96. The number of carbonyl (C=O) groups is 1. The van der Waals surface area contributed by atoms with Gasteiger partial charge >= 0.3 is 0 Å². The number of ether oxygens (including phenoxy) is 1. The Labute approximate surface area is 208 Å². The minimum Gasteiger partial charge on any atom is -0.494 e. The van der Waals surface area contributed by atoms with Crippen molar-refractivity contribution in [2.24, 2.45) is 0 Å². The van der Waals surface area contributed by atoms with Crippen molar-refractivity contribution in [1.29, 1.82) is 0 Å². The van der Waals surface area contributed by atoms with Crippen LogP contribution in [0.15, 0.2) is 82.0 Å². The molecule has 35 heavy (non-hydrogen) atoms. The Hall–Kier alpha value is -3.57. The zero-order valence-electron chi connectivity index (χ0n) is 19.5. The molecule has 5 nitrogen and oxygen atoms in total. The van der Waals surface area contributed by atoms with Crippen LogP contribution in [0.4, 0.5) is 0 Å². The summed E-state index contributed by atoms with van der Waals surface area (Å²) in [5, 5.41) is 1.09. The first-order valence-electron chi connectivity index (χ1n) is 11.9. The quantitative estimate of drug-likeness (QED) is 0.257. The van der Waals surface area contributed by atoms with Crippen molar-refractivity contribution in [2.75, 3.05) is 6.61 Å². The number of rotatable bonds is 8. The molecule has 5 rings (SSSR count). The molecule has 0 saturated heterocycles. The van der Waals surface area contributed by atoms with Crippen molar-refractivity contribution in [2.45, 2.75) is 38.8 Å². The minimum absolute atomic E-state index is 0.104. The van der Waals surface area contributed by atoms with Gasteiger partial charge in [0.2, 0.25) is 5.76 Å². The molecule has 0 saturated carbocycles. The Kier molecular flexibility index (Phi) is 6.60. The van der Waals surface area contributed by atoms with Crippen LogP contribution in [0.5, 0.6) is 5.75 Å². The molecule has 0 radical (unpaired) electrons. The maximum atomic E-state index is 13.6. The number of nitrogens with zero attached hydrogens (tertiary/aromatic N) is 1. The van der Waals surface area contributed by atoms with Crippen molar-refractivity contribution in [3.63, 3.8) is 0 Å². The molecule has 1 aliphatic rings.